The van der Waals surface area contributed by atoms with Gasteiger partial charge in [0.25, 0.3) is 0 Å². The maximum atomic E-state index is 12.3. The molecule has 5 nitrogen and oxygen atoms in total. The van der Waals surface area contributed by atoms with Crippen LogP contribution in [0.5, 0.6) is 0 Å². The van der Waals surface area contributed by atoms with Gasteiger partial charge in [-0.05, 0) is 31.9 Å². The van der Waals surface area contributed by atoms with Gasteiger partial charge in [-0.2, -0.15) is 11.8 Å². The topological polar surface area (TPSA) is 66.5 Å². The molecule has 1 heterocycles. The van der Waals surface area contributed by atoms with Gasteiger partial charge < -0.3 is 0 Å². The number of carbonyl (C=O) groups is 3. The number of nitrogens with one attached hydrogen (secondary N) is 1. The van der Waals surface area contributed by atoms with Gasteiger partial charge >= 0.3 is 6.03 Å². The molecule has 1 N–H and O–H groups in total. The Bertz CT molecular complexity index is 435. The Morgan fingerprint density at radius 2 is 1.89 bits per heavy atom. The lowest BCUT2D eigenvalue weighted by Crippen LogP contribution is -2.62. The lowest BCUT2D eigenvalue weighted by molar-refractivity contribution is -0.145. The van der Waals surface area contributed by atoms with Gasteiger partial charge in [0.2, 0.25) is 11.8 Å². The predicted molar refractivity (Wildman–Crippen MR) is 67.0 cm³/mol. The van der Waals surface area contributed by atoms with Crippen LogP contribution in [0.25, 0.3) is 0 Å². The quantitative estimate of drug-likeness (QED) is 0.779. The van der Waals surface area contributed by atoms with E-state index in [0.29, 0.717) is 19.4 Å². The molecule has 2 aliphatic carbocycles. The zero-order valence-corrected chi connectivity index (χ0v) is 11.1. The molecule has 3 aliphatic rings. The molecular weight excluding hydrogens is 252 g/mol. The summed E-state index contributed by atoms with van der Waals surface area (Å²) >= 11 is 1.72. The average molecular weight is 268 g/mol. The van der Waals surface area contributed by atoms with Crippen molar-refractivity contribution in [2.75, 3.05) is 12.8 Å². The Labute approximate surface area is 110 Å². The van der Waals surface area contributed by atoms with Crippen molar-refractivity contribution in [1.82, 2.24) is 10.2 Å². The highest BCUT2D eigenvalue weighted by molar-refractivity contribution is 8.00. The van der Waals surface area contributed by atoms with Crippen LogP contribution in [-0.4, -0.2) is 40.3 Å². The number of thioether (sulfide) groups is 1. The number of hydrogen-bond acceptors (Lipinski definition) is 4. The van der Waals surface area contributed by atoms with Crippen molar-refractivity contribution < 1.29 is 14.4 Å². The van der Waals surface area contributed by atoms with Crippen LogP contribution >= 0.6 is 11.8 Å². The van der Waals surface area contributed by atoms with E-state index in [1.807, 2.05) is 6.26 Å². The Morgan fingerprint density at radius 3 is 2.33 bits per heavy atom. The van der Waals surface area contributed by atoms with Crippen LogP contribution in [0.3, 0.4) is 0 Å². The van der Waals surface area contributed by atoms with Crippen LogP contribution in [0.2, 0.25) is 0 Å². The molecule has 1 aliphatic heterocycles. The molecule has 98 valence electrons. The van der Waals surface area contributed by atoms with Gasteiger partial charge in [-0.25, -0.2) is 4.79 Å². The van der Waals surface area contributed by atoms with E-state index in [1.165, 1.54) is 4.90 Å². The maximum absolute atomic E-state index is 12.3. The molecular formula is C12H16N2O3S. The van der Waals surface area contributed by atoms with E-state index in [2.05, 4.69) is 5.32 Å². The Kier molecular flexibility index (Phi) is 2.49. The molecule has 1 spiro atoms. The minimum atomic E-state index is -0.906. The van der Waals surface area contributed by atoms with Gasteiger partial charge in [0, 0.05) is 11.3 Å². The molecule has 2 saturated carbocycles. The summed E-state index contributed by atoms with van der Waals surface area (Å²) in [7, 11) is 0. The molecule has 0 atom stereocenters. The normalized spacial score (nSPS) is 28.1. The van der Waals surface area contributed by atoms with Crippen LogP contribution < -0.4 is 5.32 Å². The van der Waals surface area contributed by atoms with Crippen LogP contribution in [0.4, 0.5) is 4.79 Å². The van der Waals surface area contributed by atoms with Crippen molar-refractivity contribution >= 4 is 29.6 Å². The van der Waals surface area contributed by atoms with Crippen molar-refractivity contribution in [3.8, 4) is 0 Å². The highest BCUT2D eigenvalue weighted by Gasteiger charge is 2.62. The van der Waals surface area contributed by atoms with Gasteiger partial charge in [0.05, 0.1) is 0 Å². The number of barbiturate groups is 1. The summed E-state index contributed by atoms with van der Waals surface area (Å²) < 4.78 is 0.0173. The lowest BCUT2D eigenvalue weighted by atomic mass is 9.83. The van der Waals surface area contributed by atoms with Gasteiger partial charge in [-0.15, -0.1) is 0 Å². The molecule has 0 aromatic rings. The van der Waals surface area contributed by atoms with E-state index in [0.717, 1.165) is 19.3 Å². The predicted octanol–water partition coefficient (Wildman–Crippen LogP) is 1.13. The fourth-order valence-electron chi connectivity index (χ4n) is 2.73. The molecule has 0 unspecified atom stereocenters. The Morgan fingerprint density at radius 1 is 1.22 bits per heavy atom. The van der Waals surface area contributed by atoms with Crippen LogP contribution in [0.15, 0.2) is 0 Å². The summed E-state index contributed by atoms with van der Waals surface area (Å²) in [5.41, 5.74) is -0.906. The highest BCUT2D eigenvalue weighted by atomic mass is 32.2. The molecule has 3 fully saturated rings. The Hall–Kier alpha value is -1.04. The van der Waals surface area contributed by atoms with E-state index in [4.69, 9.17) is 0 Å². The number of amides is 4. The van der Waals surface area contributed by atoms with E-state index >= 15 is 0 Å². The zero-order valence-electron chi connectivity index (χ0n) is 10.3. The monoisotopic (exact) mass is 268 g/mol. The molecule has 0 radical (unpaired) electrons. The molecule has 0 aromatic heterocycles. The van der Waals surface area contributed by atoms with Crippen LogP contribution in [-0.2, 0) is 9.59 Å². The largest absolute Gasteiger partial charge is 0.330 e. The van der Waals surface area contributed by atoms with Gasteiger partial charge in [0.15, 0.2) is 0 Å². The standard InChI is InChI=1S/C12H16N2O3S/c1-18-11(3-2-4-11)7-14-9(16)12(5-6-12)8(15)13-10(14)17/h2-7H2,1H3,(H,13,15,17). The van der Waals surface area contributed by atoms with Crippen LogP contribution in [0.1, 0.15) is 32.1 Å². The summed E-state index contributed by atoms with van der Waals surface area (Å²) in [6.07, 6.45) is 6.39. The lowest BCUT2D eigenvalue weighted by Gasteiger charge is -2.44. The number of nitrogens with zero attached hydrogens (tertiary/aromatic N) is 1. The van der Waals surface area contributed by atoms with E-state index < -0.39 is 17.4 Å². The SMILES string of the molecule is CSC1(CN2C(=O)NC(=O)C3(CC3)C2=O)CCC1. The second-order valence-corrected chi connectivity index (χ2v) is 6.75. The zero-order chi connectivity index (χ0) is 13.0. The van der Waals surface area contributed by atoms with Gasteiger partial charge in [-0.3, -0.25) is 19.8 Å². The summed E-state index contributed by atoms with van der Waals surface area (Å²) in [5, 5.41) is 2.33. The molecule has 0 aromatic carbocycles. The first-order valence-corrected chi connectivity index (χ1v) is 7.48. The van der Waals surface area contributed by atoms with E-state index in [-0.39, 0.29) is 10.7 Å². The Balaban J connectivity index is 1.81. The summed E-state index contributed by atoms with van der Waals surface area (Å²) in [6, 6.07) is -0.539. The first-order valence-electron chi connectivity index (χ1n) is 6.26. The third kappa shape index (κ3) is 1.51. The van der Waals surface area contributed by atoms with E-state index in [1.54, 1.807) is 11.8 Å². The smallest absolute Gasteiger partial charge is 0.277 e. The molecule has 18 heavy (non-hydrogen) atoms. The molecule has 3 rings (SSSR count). The van der Waals surface area contributed by atoms with E-state index in [9.17, 15) is 14.4 Å². The second-order valence-electron chi connectivity index (χ2n) is 5.47. The third-order valence-corrected chi connectivity index (χ3v) is 5.85. The number of hydrogen-bond donors (Lipinski definition) is 1. The van der Waals surface area contributed by atoms with Gasteiger partial charge in [-0.1, -0.05) is 6.42 Å². The summed E-state index contributed by atoms with van der Waals surface area (Å²) in [6.45, 7) is 0.438. The summed E-state index contributed by atoms with van der Waals surface area (Å²) in [4.78, 5) is 37.1. The van der Waals surface area contributed by atoms with Crippen molar-refractivity contribution in [2.24, 2.45) is 5.41 Å². The fourth-order valence-corrected chi connectivity index (χ4v) is 3.68. The number of carbonyl (C=O) groups excluding carboxylic acids is 3. The minimum Gasteiger partial charge on any atom is -0.277 e. The fraction of sp³-hybridized carbons (Fsp3) is 0.750. The number of urea groups is 1. The highest BCUT2D eigenvalue weighted by Crippen LogP contribution is 2.50. The van der Waals surface area contributed by atoms with Crippen LogP contribution in [0, 0.1) is 5.41 Å². The van der Waals surface area contributed by atoms with Crippen molar-refractivity contribution in [3.63, 3.8) is 0 Å². The first kappa shape index (κ1) is 12.0. The number of rotatable bonds is 3. The summed E-state index contributed by atoms with van der Waals surface area (Å²) in [5.74, 6) is -0.683. The molecule has 6 heteroatoms. The molecule has 4 amide bonds. The maximum Gasteiger partial charge on any atom is 0.330 e. The van der Waals surface area contributed by atoms with Crippen molar-refractivity contribution in [1.29, 1.82) is 0 Å². The van der Waals surface area contributed by atoms with Gasteiger partial charge in [0.1, 0.15) is 5.41 Å². The van der Waals surface area contributed by atoms with Crippen molar-refractivity contribution in [3.05, 3.63) is 0 Å². The van der Waals surface area contributed by atoms with Crippen molar-refractivity contribution in [2.45, 2.75) is 36.9 Å². The minimum absolute atomic E-state index is 0.0173. The molecule has 1 saturated heterocycles. The number of imide groups is 2. The second kappa shape index (κ2) is 3.73. The molecule has 0 bridgehead atoms. The third-order valence-electron chi connectivity index (χ3n) is 4.45. The first-order chi connectivity index (χ1) is 8.53. The average Bonchev–Trinajstić information content (AvgIpc) is 3.07.